The SMILES string of the molecule is CCC1/C=C(\C)CC(C)CC(OC)C2OC(O)(C(=O)C(=O)N3CCCCC3C(=O)OC(C(C)=CC3CCC(OCc4nc(C)c(-c5ccccc5)[nH]4)C(OC)C3)C(C)C(O)CC1=O)C(C)CC2OC. The van der Waals surface area contributed by atoms with Crippen molar-refractivity contribution in [2.45, 2.75) is 180 Å². The van der Waals surface area contributed by atoms with E-state index in [0.29, 0.717) is 50.5 Å². The number of nitrogens with one attached hydrogen (secondary N) is 1. The number of rotatable bonds is 10. The van der Waals surface area contributed by atoms with E-state index in [4.69, 9.17) is 33.4 Å². The van der Waals surface area contributed by atoms with Gasteiger partial charge in [0.2, 0.25) is 5.79 Å². The van der Waals surface area contributed by atoms with Gasteiger partial charge in [-0.2, -0.15) is 0 Å². The fraction of sp³-hybridized carbons (Fsp3) is 0.685. The van der Waals surface area contributed by atoms with E-state index in [0.717, 1.165) is 34.8 Å². The number of H-pyrrole nitrogens is 1. The molecule has 1 amide bonds. The number of aromatic amines is 1. The largest absolute Gasteiger partial charge is 0.456 e. The van der Waals surface area contributed by atoms with Crippen molar-refractivity contribution in [2.75, 3.05) is 27.9 Å². The minimum absolute atomic E-state index is 0.00276. The molecule has 69 heavy (non-hydrogen) atoms. The summed E-state index contributed by atoms with van der Waals surface area (Å²) in [7, 11) is 4.75. The molecule has 6 rings (SSSR count). The van der Waals surface area contributed by atoms with E-state index in [9.17, 15) is 29.4 Å². The minimum Gasteiger partial charge on any atom is -0.456 e. The number of cyclic esters (lactones) is 1. The van der Waals surface area contributed by atoms with Crippen molar-refractivity contribution in [1.82, 2.24) is 14.9 Å². The molecule has 2 saturated heterocycles. The van der Waals surface area contributed by atoms with Crippen molar-refractivity contribution in [3.8, 4) is 11.3 Å². The number of Topliss-reactive ketones (excluding diaryl/α,β-unsaturated/α-hetero) is 2. The first-order chi connectivity index (χ1) is 32.9. The third-order valence-electron chi connectivity index (χ3n) is 15.3. The molecule has 2 aromatic rings. The molecule has 3 fully saturated rings. The van der Waals surface area contributed by atoms with Crippen molar-refractivity contribution in [2.24, 2.45) is 29.6 Å². The summed E-state index contributed by atoms with van der Waals surface area (Å²) in [6.07, 6.45) is 4.50. The lowest BCUT2D eigenvalue weighted by Crippen LogP contribution is -2.64. The lowest BCUT2D eigenvalue weighted by molar-refractivity contribution is -0.302. The number of amides is 1. The van der Waals surface area contributed by atoms with E-state index in [1.807, 2.05) is 64.1 Å². The number of aromatic nitrogens is 2. The number of methoxy groups -OCH3 is 3. The lowest BCUT2D eigenvalue weighted by Gasteiger charge is -2.47. The molecule has 2 bridgehead atoms. The van der Waals surface area contributed by atoms with Crippen molar-refractivity contribution >= 4 is 23.4 Å². The number of hydrogen-bond acceptors (Lipinski definition) is 13. The van der Waals surface area contributed by atoms with Gasteiger partial charge < -0.3 is 48.5 Å². The van der Waals surface area contributed by atoms with Crippen LogP contribution in [0.25, 0.3) is 11.3 Å². The van der Waals surface area contributed by atoms with E-state index < -0.39 is 77.8 Å². The zero-order chi connectivity index (χ0) is 50.2. The summed E-state index contributed by atoms with van der Waals surface area (Å²) in [5.74, 6) is -6.81. The first-order valence-electron chi connectivity index (χ1n) is 25.3. The van der Waals surface area contributed by atoms with Gasteiger partial charge in [-0.25, -0.2) is 9.78 Å². The number of esters is 1. The summed E-state index contributed by atoms with van der Waals surface area (Å²) in [4.78, 5) is 66.7. The van der Waals surface area contributed by atoms with Crippen LogP contribution in [0.4, 0.5) is 0 Å². The molecule has 14 unspecified atom stereocenters. The van der Waals surface area contributed by atoms with Crippen LogP contribution in [0.3, 0.4) is 0 Å². The number of imidazole rings is 1. The molecule has 4 heterocycles. The summed E-state index contributed by atoms with van der Waals surface area (Å²) in [5, 5.41) is 24.0. The summed E-state index contributed by atoms with van der Waals surface area (Å²) in [5.41, 5.74) is 4.58. The Kier molecular flexibility index (Phi) is 19.1. The molecule has 14 atom stereocenters. The highest BCUT2D eigenvalue weighted by Gasteiger charge is 2.56. The Hall–Kier alpha value is -4.09. The number of ether oxygens (including phenoxy) is 6. The second kappa shape index (κ2) is 24.4. The number of ketones is 2. The number of carbonyl (C=O) groups is 4. The van der Waals surface area contributed by atoms with Crippen LogP contribution >= 0.6 is 0 Å². The molecule has 1 aromatic carbocycles. The fourth-order valence-electron chi connectivity index (χ4n) is 11.2. The quantitative estimate of drug-likeness (QED) is 0.121. The van der Waals surface area contributed by atoms with E-state index in [1.54, 1.807) is 21.0 Å². The Morgan fingerprint density at radius 2 is 1.61 bits per heavy atom. The van der Waals surface area contributed by atoms with Crippen molar-refractivity contribution in [3.05, 3.63) is 65.1 Å². The molecular formula is C54H79N3O12. The molecule has 1 aliphatic carbocycles. The summed E-state index contributed by atoms with van der Waals surface area (Å²) >= 11 is 0. The van der Waals surface area contributed by atoms with Gasteiger partial charge in [-0.05, 0) is 108 Å². The van der Waals surface area contributed by atoms with Crippen molar-refractivity contribution in [3.63, 3.8) is 0 Å². The highest BCUT2D eigenvalue weighted by Crippen LogP contribution is 2.40. The standard InChI is InChI=1S/C54H79N3O12/c1-11-38-24-31(2)23-32(3)25-45(65-9)50-46(66-10)27-34(5)54(63,69-50)51(60)52(61)57-22-16-15-19-40(57)53(62)68-49(35(6)41(58)29-42(38)59)33(4)26-37-20-21-43(44(28-37)64-8)67-30-47-55-36(7)48(56-47)39-17-13-12-14-18-39/h12-14,17-18,24,26,32,34-35,37-38,40-41,43-46,49-50,58,63H,11,15-16,19-23,25,27-30H2,1-10H3,(H,55,56)/b31-24+,33-26?. The summed E-state index contributed by atoms with van der Waals surface area (Å²) < 4.78 is 36.9. The number of piperidine rings is 1. The molecule has 0 radical (unpaired) electrons. The maximum Gasteiger partial charge on any atom is 0.329 e. The topological polar surface area (TPSA) is 196 Å². The van der Waals surface area contributed by atoms with Gasteiger partial charge in [0.1, 0.15) is 36.5 Å². The normalized spacial score (nSPS) is 35.9. The molecule has 4 aliphatic rings. The molecule has 3 aliphatic heterocycles. The highest BCUT2D eigenvalue weighted by molar-refractivity contribution is 6.39. The predicted molar refractivity (Wildman–Crippen MR) is 259 cm³/mol. The highest BCUT2D eigenvalue weighted by atomic mass is 16.7. The number of aryl methyl sites for hydroxylation is 1. The number of carbonyl (C=O) groups excluding carboxylic acids is 4. The average Bonchev–Trinajstić information content (AvgIpc) is 3.73. The third kappa shape index (κ3) is 12.9. The third-order valence-corrected chi connectivity index (χ3v) is 15.3. The molecule has 1 aromatic heterocycles. The van der Waals surface area contributed by atoms with Crippen LogP contribution in [0.15, 0.2) is 53.6 Å². The van der Waals surface area contributed by atoms with Crippen LogP contribution in [-0.4, -0.2) is 131 Å². The Balaban J connectivity index is 1.27. The van der Waals surface area contributed by atoms with E-state index in [1.165, 1.54) is 19.1 Å². The Bertz CT molecular complexity index is 2120. The van der Waals surface area contributed by atoms with Gasteiger partial charge in [-0.15, -0.1) is 0 Å². The number of allylic oxidation sites excluding steroid dienone is 3. The van der Waals surface area contributed by atoms with Gasteiger partial charge >= 0.3 is 5.97 Å². The van der Waals surface area contributed by atoms with Gasteiger partial charge in [-0.1, -0.05) is 75.8 Å². The smallest absolute Gasteiger partial charge is 0.329 e. The first-order valence-corrected chi connectivity index (χ1v) is 25.3. The van der Waals surface area contributed by atoms with Crippen molar-refractivity contribution in [1.29, 1.82) is 0 Å². The van der Waals surface area contributed by atoms with Gasteiger partial charge in [0, 0.05) is 52.0 Å². The number of nitrogens with zero attached hydrogens (tertiary/aromatic N) is 2. The summed E-state index contributed by atoms with van der Waals surface area (Å²) in [6, 6.07) is 8.90. The second-order valence-corrected chi connectivity index (χ2v) is 20.4. The molecule has 3 N–H and O–H groups in total. The molecule has 0 spiro atoms. The summed E-state index contributed by atoms with van der Waals surface area (Å²) in [6.45, 7) is 13.6. The van der Waals surface area contributed by atoms with Crippen LogP contribution in [0.1, 0.15) is 124 Å². The van der Waals surface area contributed by atoms with Crippen LogP contribution in [0.5, 0.6) is 0 Å². The Morgan fingerprint density at radius 3 is 2.29 bits per heavy atom. The van der Waals surface area contributed by atoms with Crippen LogP contribution in [0.2, 0.25) is 0 Å². The molecule has 382 valence electrons. The maximum atomic E-state index is 14.6. The van der Waals surface area contributed by atoms with E-state index in [-0.39, 0.29) is 62.2 Å². The van der Waals surface area contributed by atoms with Crippen LogP contribution in [-0.2, 0) is 54.2 Å². The van der Waals surface area contributed by atoms with Gasteiger partial charge in [0.25, 0.3) is 11.7 Å². The van der Waals surface area contributed by atoms with Crippen LogP contribution in [0, 0.1) is 36.5 Å². The zero-order valence-electron chi connectivity index (χ0n) is 42.6. The number of aliphatic hydroxyl groups is 2. The monoisotopic (exact) mass is 962 g/mol. The van der Waals surface area contributed by atoms with E-state index >= 15 is 0 Å². The predicted octanol–water partition coefficient (Wildman–Crippen LogP) is 7.40. The van der Waals surface area contributed by atoms with Gasteiger partial charge in [0.05, 0.1) is 41.9 Å². The van der Waals surface area contributed by atoms with Gasteiger partial charge in [0.15, 0.2) is 0 Å². The molecule has 15 nitrogen and oxygen atoms in total. The zero-order valence-corrected chi connectivity index (χ0v) is 42.6. The minimum atomic E-state index is -2.51. The average molecular weight is 962 g/mol. The lowest BCUT2D eigenvalue weighted by atomic mass is 9.81. The number of hydrogen-bond donors (Lipinski definition) is 3. The first kappa shape index (κ1) is 54.2. The number of fused-ring (bicyclic) bond motifs is 3. The van der Waals surface area contributed by atoms with Gasteiger partial charge in [-0.3, -0.25) is 14.4 Å². The second-order valence-electron chi connectivity index (χ2n) is 20.4. The molecular weight excluding hydrogens is 883 g/mol. The van der Waals surface area contributed by atoms with Crippen molar-refractivity contribution < 1.29 is 57.8 Å². The number of aliphatic hydroxyl groups excluding tert-OH is 1. The van der Waals surface area contributed by atoms with E-state index in [2.05, 4.69) is 18.0 Å². The fourth-order valence-corrected chi connectivity index (χ4v) is 11.2. The number of benzene rings is 1. The van der Waals surface area contributed by atoms with Crippen LogP contribution < -0.4 is 0 Å². The molecule has 15 heteroatoms. The Labute approximate surface area is 409 Å². The molecule has 1 saturated carbocycles. The Morgan fingerprint density at radius 1 is 0.913 bits per heavy atom. The maximum absolute atomic E-state index is 14.6.